The second-order valence-corrected chi connectivity index (χ2v) is 9.16. The van der Waals surface area contributed by atoms with Crippen molar-refractivity contribution in [3.8, 4) is 0 Å². The smallest absolute Gasteiger partial charge is 0.253 e. The van der Waals surface area contributed by atoms with Crippen LogP contribution in [0.25, 0.3) is 0 Å². The second kappa shape index (κ2) is 7.44. The summed E-state index contributed by atoms with van der Waals surface area (Å²) in [4.78, 5) is 14.8. The van der Waals surface area contributed by atoms with Crippen LogP contribution in [0.15, 0.2) is 41.3 Å². The summed E-state index contributed by atoms with van der Waals surface area (Å²) in [5, 5.41) is 0. The lowest BCUT2D eigenvalue weighted by Gasteiger charge is -2.34. The van der Waals surface area contributed by atoms with E-state index in [0.29, 0.717) is 36.6 Å². The highest BCUT2D eigenvalue weighted by Crippen LogP contribution is 2.26. The van der Waals surface area contributed by atoms with Gasteiger partial charge in [0.05, 0.1) is 4.90 Å². The molecule has 144 valence electrons. The number of piperazine rings is 1. The minimum absolute atomic E-state index is 0.0465. The molecule has 0 N–H and O–H groups in total. The van der Waals surface area contributed by atoms with E-state index in [-0.39, 0.29) is 5.91 Å². The molecule has 1 aliphatic heterocycles. The Bertz CT molecular complexity index is 934. The van der Waals surface area contributed by atoms with Crippen molar-refractivity contribution in [3.05, 3.63) is 64.2 Å². The Labute approximate surface area is 161 Å². The standard InChI is InChI=1S/C21H26N2O3S/c1-15-5-7-19(8-6-15)21(24)22-9-11-23(12-10-22)27(25,26)20-17(3)13-16(2)14-18(20)4/h5-8,13-14H,9-12H2,1-4H3. The number of carbonyl (C=O) groups excluding carboxylic acids is 1. The lowest BCUT2D eigenvalue weighted by Crippen LogP contribution is -2.50. The van der Waals surface area contributed by atoms with Crippen LogP contribution in [0.4, 0.5) is 0 Å². The van der Waals surface area contributed by atoms with Crippen LogP contribution >= 0.6 is 0 Å². The Morgan fingerprint density at radius 3 is 1.85 bits per heavy atom. The zero-order valence-electron chi connectivity index (χ0n) is 16.3. The summed E-state index contributed by atoms with van der Waals surface area (Å²) < 4.78 is 27.8. The van der Waals surface area contributed by atoms with Crippen LogP contribution in [0.2, 0.25) is 0 Å². The van der Waals surface area contributed by atoms with Crippen LogP contribution in [0.3, 0.4) is 0 Å². The molecular weight excluding hydrogens is 360 g/mol. The van der Waals surface area contributed by atoms with Crippen molar-refractivity contribution >= 4 is 15.9 Å². The Hall–Kier alpha value is -2.18. The van der Waals surface area contributed by atoms with Crippen molar-refractivity contribution in [2.45, 2.75) is 32.6 Å². The molecule has 5 nitrogen and oxygen atoms in total. The average molecular weight is 387 g/mol. The van der Waals surface area contributed by atoms with Crippen LogP contribution in [0.1, 0.15) is 32.6 Å². The first-order valence-corrected chi connectivity index (χ1v) is 10.6. The Morgan fingerprint density at radius 1 is 0.815 bits per heavy atom. The third kappa shape index (κ3) is 3.92. The first-order valence-electron chi connectivity index (χ1n) is 9.14. The molecule has 0 spiro atoms. The third-order valence-corrected chi connectivity index (χ3v) is 7.23. The molecule has 6 heteroatoms. The molecule has 0 bridgehead atoms. The summed E-state index contributed by atoms with van der Waals surface area (Å²) in [7, 11) is -3.56. The molecule has 1 fully saturated rings. The number of amides is 1. The van der Waals surface area contributed by atoms with Crippen LogP contribution in [-0.4, -0.2) is 49.7 Å². The fourth-order valence-corrected chi connectivity index (χ4v) is 5.55. The summed E-state index contributed by atoms with van der Waals surface area (Å²) in [6.07, 6.45) is 0. The molecular formula is C21H26N2O3S. The first kappa shape index (κ1) is 19.6. The fraction of sp³-hybridized carbons (Fsp3) is 0.381. The van der Waals surface area contributed by atoms with E-state index in [0.717, 1.165) is 22.3 Å². The normalized spacial score (nSPS) is 15.8. The zero-order valence-corrected chi connectivity index (χ0v) is 17.1. The zero-order chi connectivity index (χ0) is 19.8. The maximum absolute atomic E-state index is 13.1. The number of nitrogens with zero attached hydrogens (tertiary/aromatic N) is 2. The van der Waals surface area contributed by atoms with Gasteiger partial charge in [0.15, 0.2) is 0 Å². The molecule has 2 aromatic rings. The number of benzene rings is 2. The summed E-state index contributed by atoms with van der Waals surface area (Å²) >= 11 is 0. The summed E-state index contributed by atoms with van der Waals surface area (Å²) in [6.45, 7) is 9.04. The van der Waals surface area contributed by atoms with Crippen molar-refractivity contribution < 1.29 is 13.2 Å². The Kier molecular flexibility index (Phi) is 5.40. The van der Waals surface area contributed by atoms with Crippen LogP contribution in [0.5, 0.6) is 0 Å². The quantitative estimate of drug-likeness (QED) is 0.815. The number of sulfonamides is 1. The van der Waals surface area contributed by atoms with Gasteiger partial charge < -0.3 is 4.90 Å². The number of aryl methyl sites for hydroxylation is 4. The van der Waals surface area contributed by atoms with Crippen LogP contribution < -0.4 is 0 Å². The topological polar surface area (TPSA) is 57.7 Å². The molecule has 1 amide bonds. The highest BCUT2D eigenvalue weighted by Gasteiger charge is 2.32. The van der Waals surface area contributed by atoms with Gasteiger partial charge in [-0.15, -0.1) is 0 Å². The van der Waals surface area contributed by atoms with Crippen molar-refractivity contribution in [2.75, 3.05) is 26.2 Å². The van der Waals surface area contributed by atoms with Gasteiger partial charge in [-0.2, -0.15) is 4.31 Å². The highest BCUT2D eigenvalue weighted by molar-refractivity contribution is 7.89. The average Bonchev–Trinajstić information content (AvgIpc) is 2.61. The molecule has 0 radical (unpaired) electrons. The molecule has 3 rings (SSSR count). The van der Waals surface area contributed by atoms with Crippen molar-refractivity contribution in [2.24, 2.45) is 0 Å². The van der Waals surface area contributed by atoms with Crippen molar-refractivity contribution in [3.63, 3.8) is 0 Å². The molecule has 0 aromatic heterocycles. The van der Waals surface area contributed by atoms with Crippen LogP contribution in [-0.2, 0) is 10.0 Å². The van der Waals surface area contributed by atoms with Gasteiger partial charge in [-0.3, -0.25) is 4.79 Å². The van der Waals surface area contributed by atoms with E-state index in [1.165, 1.54) is 4.31 Å². The summed E-state index contributed by atoms with van der Waals surface area (Å²) in [6, 6.07) is 11.3. The molecule has 27 heavy (non-hydrogen) atoms. The van der Waals surface area contributed by atoms with Crippen LogP contribution in [0, 0.1) is 27.7 Å². The number of carbonyl (C=O) groups is 1. The Balaban J connectivity index is 1.75. The van der Waals surface area contributed by atoms with E-state index in [4.69, 9.17) is 0 Å². The molecule has 0 unspecified atom stereocenters. The SMILES string of the molecule is Cc1ccc(C(=O)N2CCN(S(=O)(=O)c3c(C)cc(C)cc3C)CC2)cc1. The van der Waals surface area contributed by atoms with E-state index in [9.17, 15) is 13.2 Å². The molecule has 2 aromatic carbocycles. The van der Waals surface area contributed by atoms with Gasteiger partial charge in [-0.05, 0) is 51.0 Å². The van der Waals surface area contributed by atoms with Gasteiger partial charge in [-0.1, -0.05) is 35.4 Å². The Morgan fingerprint density at radius 2 is 1.33 bits per heavy atom. The molecule has 0 atom stereocenters. The minimum atomic E-state index is -3.56. The summed E-state index contributed by atoms with van der Waals surface area (Å²) in [5.74, 6) is -0.0465. The number of hydrogen-bond acceptors (Lipinski definition) is 3. The summed E-state index contributed by atoms with van der Waals surface area (Å²) in [5.41, 5.74) is 4.34. The second-order valence-electron chi connectivity index (χ2n) is 7.29. The predicted molar refractivity (Wildman–Crippen MR) is 106 cm³/mol. The number of rotatable bonds is 3. The molecule has 1 heterocycles. The van der Waals surface area contributed by atoms with Gasteiger partial charge in [0.1, 0.15) is 0 Å². The molecule has 0 aliphatic carbocycles. The molecule has 0 saturated carbocycles. The molecule has 1 aliphatic rings. The lowest BCUT2D eigenvalue weighted by atomic mass is 10.1. The van der Waals surface area contributed by atoms with E-state index in [2.05, 4.69) is 0 Å². The van der Waals surface area contributed by atoms with Gasteiger partial charge in [0, 0.05) is 31.7 Å². The maximum Gasteiger partial charge on any atom is 0.253 e. The molecule has 1 saturated heterocycles. The minimum Gasteiger partial charge on any atom is -0.336 e. The van der Waals surface area contributed by atoms with E-state index >= 15 is 0 Å². The van der Waals surface area contributed by atoms with E-state index < -0.39 is 10.0 Å². The van der Waals surface area contributed by atoms with Crippen molar-refractivity contribution in [1.29, 1.82) is 0 Å². The maximum atomic E-state index is 13.1. The van der Waals surface area contributed by atoms with Gasteiger partial charge in [-0.25, -0.2) is 8.42 Å². The van der Waals surface area contributed by atoms with Gasteiger partial charge in [0.25, 0.3) is 5.91 Å². The largest absolute Gasteiger partial charge is 0.336 e. The van der Waals surface area contributed by atoms with E-state index in [1.807, 2.05) is 64.1 Å². The third-order valence-electron chi connectivity index (χ3n) is 5.03. The fourth-order valence-electron chi connectivity index (χ4n) is 3.71. The van der Waals surface area contributed by atoms with Gasteiger partial charge in [0.2, 0.25) is 10.0 Å². The number of hydrogen-bond donors (Lipinski definition) is 0. The highest BCUT2D eigenvalue weighted by atomic mass is 32.2. The van der Waals surface area contributed by atoms with Crippen molar-refractivity contribution in [1.82, 2.24) is 9.21 Å². The van der Waals surface area contributed by atoms with E-state index in [1.54, 1.807) is 4.90 Å². The lowest BCUT2D eigenvalue weighted by molar-refractivity contribution is 0.0698. The van der Waals surface area contributed by atoms with Gasteiger partial charge >= 0.3 is 0 Å². The first-order chi connectivity index (χ1) is 12.7. The monoisotopic (exact) mass is 386 g/mol. The predicted octanol–water partition coefficient (Wildman–Crippen LogP) is 3.07.